The number of anilines is 2. The number of carbonyl (C=O) groups excluding carboxylic acids is 2. The van der Waals surface area contributed by atoms with Crippen LogP contribution in [0, 0.1) is 0 Å². The molecule has 5 heteroatoms. The van der Waals surface area contributed by atoms with Gasteiger partial charge in [-0.3, -0.25) is 4.79 Å². The molecule has 0 aromatic heterocycles. The lowest BCUT2D eigenvalue weighted by Crippen LogP contribution is -2.21. The molecular weight excluding hydrogens is 340 g/mol. The first-order valence-corrected chi connectivity index (χ1v) is 8.56. The van der Waals surface area contributed by atoms with Crippen molar-refractivity contribution < 1.29 is 14.3 Å². The molecule has 1 amide bonds. The van der Waals surface area contributed by atoms with Crippen LogP contribution in [-0.4, -0.2) is 18.5 Å². The number of benzene rings is 3. The van der Waals surface area contributed by atoms with Crippen LogP contribution in [0.5, 0.6) is 0 Å². The van der Waals surface area contributed by atoms with Gasteiger partial charge >= 0.3 is 5.97 Å². The smallest absolute Gasteiger partial charge is 0.338 e. The molecule has 3 rings (SSSR count). The molecule has 136 valence electrons. The SMILES string of the molecule is Nc1ccc(C(=O)OCC(=O)Nc2ccccc2Cc2ccccc2)cc1. The maximum absolute atomic E-state index is 12.2. The number of ether oxygens (including phenoxy) is 1. The first-order valence-electron chi connectivity index (χ1n) is 8.56. The van der Waals surface area contributed by atoms with Gasteiger partial charge in [-0.2, -0.15) is 0 Å². The predicted molar refractivity (Wildman–Crippen MR) is 105 cm³/mol. The Bertz CT molecular complexity index is 922. The van der Waals surface area contributed by atoms with Gasteiger partial charge < -0.3 is 15.8 Å². The number of hydrogen-bond donors (Lipinski definition) is 2. The number of rotatable bonds is 6. The van der Waals surface area contributed by atoms with Crippen LogP contribution in [0.2, 0.25) is 0 Å². The fourth-order valence-corrected chi connectivity index (χ4v) is 2.63. The number of nitrogens with two attached hydrogens (primary N) is 1. The average Bonchev–Trinajstić information content (AvgIpc) is 2.69. The normalized spacial score (nSPS) is 10.2. The zero-order valence-electron chi connectivity index (χ0n) is 14.7. The molecule has 5 nitrogen and oxygen atoms in total. The zero-order valence-corrected chi connectivity index (χ0v) is 14.7. The molecule has 3 aromatic rings. The molecule has 0 aliphatic carbocycles. The first kappa shape index (κ1) is 18.2. The summed E-state index contributed by atoms with van der Waals surface area (Å²) in [7, 11) is 0. The van der Waals surface area contributed by atoms with E-state index in [1.165, 1.54) is 0 Å². The summed E-state index contributed by atoms with van der Waals surface area (Å²) < 4.78 is 5.07. The van der Waals surface area contributed by atoms with E-state index in [1.54, 1.807) is 24.3 Å². The highest BCUT2D eigenvalue weighted by Gasteiger charge is 2.12. The van der Waals surface area contributed by atoms with E-state index in [0.717, 1.165) is 11.1 Å². The number of amides is 1. The number of para-hydroxylation sites is 1. The summed E-state index contributed by atoms with van der Waals surface area (Å²) in [5, 5.41) is 2.81. The van der Waals surface area contributed by atoms with Crippen molar-refractivity contribution in [3.8, 4) is 0 Å². The van der Waals surface area contributed by atoms with Crippen LogP contribution in [-0.2, 0) is 16.0 Å². The third kappa shape index (κ3) is 5.19. The van der Waals surface area contributed by atoms with Crippen molar-refractivity contribution >= 4 is 23.3 Å². The van der Waals surface area contributed by atoms with Gasteiger partial charge in [-0.1, -0.05) is 48.5 Å². The second kappa shape index (κ2) is 8.67. The number of esters is 1. The second-order valence-corrected chi connectivity index (χ2v) is 6.07. The van der Waals surface area contributed by atoms with E-state index < -0.39 is 5.97 Å². The Balaban J connectivity index is 1.59. The summed E-state index contributed by atoms with van der Waals surface area (Å²) in [4.78, 5) is 24.2. The Kier molecular flexibility index (Phi) is 5.84. The van der Waals surface area contributed by atoms with Crippen molar-refractivity contribution in [3.63, 3.8) is 0 Å². The van der Waals surface area contributed by atoms with Crippen LogP contribution in [0.4, 0.5) is 11.4 Å². The summed E-state index contributed by atoms with van der Waals surface area (Å²) >= 11 is 0. The van der Waals surface area contributed by atoms with Gasteiger partial charge in [0.05, 0.1) is 5.56 Å². The van der Waals surface area contributed by atoms with Gasteiger partial charge in [0, 0.05) is 11.4 Å². The molecule has 0 bridgehead atoms. The number of nitrogens with one attached hydrogen (secondary N) is 1. The van der Waals surface area contributed by atoms with Crippen molar-refractivity contribution in [1.29, 1.82) is 0 Å². The Labute approximate surface area is 157 Å². The third-order valence-corrected chi connectivity index (χ3v) is 4.01. The van der Waals surface area contributed by atoms with Crippen LogP contribution < -0.4 is 11.1 Å². The van der Waals surface area contributed by atoms with Crippen LogP contribution in [0.15, 0.2) is 78.9 Å². The molecule has 0 aliphatic heterocycles. The highest BCUT2D eigenvalue weighted by molar-refractivity contribution is 5.96. The molecule has 0 fully saturated rings. The van der Waals surface area contributed by atoms with Crippen molar-refractivity contribution in [2.45, 2.75) is 6.42 Å². The highest BCUT2D eigenvalue weighted by atomic mass is 16.5. The van der Waals surface area contributed by atoms with Crippen LogP contribution in [0.25, 0.3) is 0 Å². The van der Waals surface area contributed by atoms with Crippen LogP contribution in [0.1, 0.15) is 21.5 Å². The van der Waals surface area contributed by atoms with Crippen LogP contribution >= 0.6 is 0 Å². The van der Waals surface area contributed by atoms with Gasteiger partial charge in [0.2, 0.25) is 0 Å². The largest absolute Gasteiger partial charge is 0.452 e. The van der Waals surface area contributed by atoms with Gasteiger partial charge in [-0.05, 0) is 47.9 Å². The minimum atomic E-state index is -0.567. The minimum absolute atomic E-state index is 0.349. The van der Waals surface area contributed by atoms with E-state index in [0.29, 0.717) is 23.4 Å². The molecule has 0 saturated heterocycles. The minimum Gasteiger partial charge on any atom is -0.452 e. The summed E-state index contributed by atoms with van der Waals surface area (Å²) in [6.45, 7) is -0.358. The Morgan fingerprint density at radius 2 is 1.52 bits per heavy atom. The fraction of sp³-hybridized carbons (Fsp3) is 0.0909. The number of nitrogen functional groups attached to an aromatic ring is 1. The molecule has 3 aromatic carbocycles. The van der Waals surface area contributed by atoms with Crippen molar-refractivity contribution in [1.82, 2.24) is 0 Å². The van der Waals surface area contributed by atoms with Gasteiger partial charge in [-0.25, -0.2) is 4.79 Å². The monoisotopic (exact) mass is 360 g/mol. The van der Waals surface area contributed by atoms with E-state index in [4.69, 9.17) is 10.5 Å². The first-order chi connectivity index (χ1) is 13.1. The summed E-state index contributed by atoms with van der Waals surface area (Å²) in [6, 6.07) is 23.9. The topological polar surface area (TPSA) is 81.4 Å². The van der Waals surface area contributed by atoms with Gasteiger partial charge in [0.25, 0.3) is 5.91 Å². The fourth-order valence-electron chi connectivity index (χ4n) is 2.63. The Hall–Kier alpha value is -3.60. The lowest BCUT2D eigenvalue weighted by Gasteiger charge is -2.11. The van der Waals surface area contributed by atoms with Crippen molar-refractivity contribution in [2.24, 2.45) is 0 Å². The molecule has 0 heterocycles. The lowest BCUT2D eigenvalue weighted by molar-refractivity contribution is -0.119. The van der Waals surface area contributed by atoms with E-state index >= 15 is 0 Å². The maximum atomic E-state index is 12.2. The average molecular weight is 360 g/mol. The van der Waals surface area contributed by atoms with Crippen LogP contribution in [0.3, 0.4) is 0 Å². The van der Waals surface area contributed by atoms with E-state index in [-0.39, 0.29) is 12.5 Å². The van der Waals surface area contributed by atoms with E-state index in [9.17, 15) is 9.59 Å². The molecule has 3 N–H and O–H groups in total. The third-order valence-electron chi connectivity index (χ3n) is 4.01. The number of hydrogen-bond acceptors (Lipinski definition) is 4. The molecule has 0 aliphatic rings. The van der Waals surface area contributed by atoms with Crippen molar-refractivity contribution in [3.05, 3.63) is 95.6 Å². The van der Waals surface area contributed by atoms with E-state index in [2.05, 4.69) is 5.32 Å². The molecule has 0 radical (unpaired) electrons. The Morgan fingerprint density at radius 1 is 0.852 bits per heavy atom. The van der Waals surface area contributed by atoms with Gasteiger partial charge in [0.1, 0.15) is 0 Å². The molecule has 0 saturated carbocycles. The molecular formula is C22H20N2O3. The maximum Gasteiger partial charge on any atom is 0.338 e. The lowest BCUT2D eigenvalue weighted by atomic mass is 10.0. The van der Waals surface area contributed by atoms with Gasteiger partial charge in [-0.15, -0.1) is 0 Å². The molecule has 0 spiro atoms. The molecule has 27 heavy (non-hydrogen) atoms. The zero-order chi connectivity index (χ0) is 19.1. The van der Waals surface area contributed by atoms with Gasteiger partial charge in [0.15, 0.2) is 6.61 Å². The van der Waals surface area contributed by atoms with Crippen molar-refractivity contribution in [2.75, 3.05) is 17.7 Å². The molecule has 0 unspecified atom stereocenters. The molecule has 0 atom stereocenters. The highest BCUT2D eigenvalue weighted by Crippen LogP contribution is 2.19. The second-order valence-electron chi connectivity index (χ2n) is 6.07. The Morgan fingerprint density at radius 3 is 2.26 bits per heavy atom. The summed E-state index contributed by atoms with van der Waals surface area (Å²) in [6.07, 6.45) is 0.697. The quantitative estimate of drug-likeness (QED) is 0.519. The summed E-state index contributed by atoms with van der Waals surface area (Å²) in [5.74, 6) is -0.956. The summed E-state index contributed by atoms with van der Waals surface area (Å²) in [5.41, 5.74) is 9.33. The van der Waals surface area contributed by atoms with E-state index in [1.807, 2.05) is 54.6 Å². The number of carbonyl (C=O) groups is 2. The standard InChI is InChI=1S/C22H20N2O3/c23-19-12-10-17(11-13-19)22(26)27-15-21(25)24-20-9-5-4-8-18(20)14-16-6-2-1-3-7-16/h1-13H,14-15,23H2,(H,24,25). The predicted octanol–water partition coefficient (Wildman–Crippen LogP) is 3.66.